The molecule has 1 fully saturated rings. The molecular weight excluding hydrogens is 170 g/mol. The van der Waals surface area contributed by atoms with Crippen LogP contribution in [0.1, 0.15) is 59.8 Å². The van der Waals surface area contributed by atoms with E-state index in [2.05, 4.69) is 27.7 Å². The zero-order chi connectivity index (χ0) is 10.8. The van der Waals surface area contributed by atoms with Crippen molar-refractivity contribution in [1.29, 1.82) is 0 Å². The Labute approximate surface area is 89.5 Å². The minimum atomic E-state index is 0.0919. The summed E-state index contributed by atoms with van der Waals surface area (Å²) in [5.41, 5.74) is 6.67. The number of rotatable bonds is 3. The van der Waals surface area contributed by atoms with Crippen molar-refractivity contribution in [2.75, 3.05) is 0 Å². The molecule has 1 rings (SSSR count). The second-order valence-corrected chi connectivity index (χ2v) is 5.59. The van der Waals surface area contributed by atoms with Crippen molar-refractivity contribution in [3.8, 4) is 0 Å². The zero-order valence-corrected chi connectivity index (χ0v) is 10.3. The lowest BCUT2D eigenvalue weighted by Gasteiger charge is -2.44. The molecule has 0 heterocycles. The van der Waals surface area contributed by atoms with E-state index in [-0.39, 0.29) is 5.54 Å². The molecule has 0 amide bonds. The largest absolute Gasteiger partial charge is 0.325 e. The number of hydrogen-bond acceptors (Lipinski definition) is 1. The van der Waals surface area contributed by atoms with Gasteiger partial charge in [0.15, 0.2) is 0 Å². The summed E-state index contributed by atoms with van der Waals surface area (Å²) in [6, 6.07) is 0. The Morgan fingerprint density at radius 1 is 1.36 bits per heavy atom. The first-order valence-corrected chi connectivity index (χ1v) is 6.29. The van der Waals surface area contributed by atoms with Crippen LogP contribution in [0.25, 0.3) is 0 Å². The molecule has 3 unspecified atom stereocenters. The highest BCUT2D eigenvalue weighted by Gasteiger charge is 2.37. The van der Waals surface area contributed by atoms with Crippen molar-refractivity contribution in [3.63, 3.8) is 0 Å². The van der Waals surface area contributed by atoms with Gasteiger partial charge in [0.1, 0.15) is 0 Å². The van der Waals surface area contributed by atoms with E-state index < -0.39 is 0 Å². The summed E-state index contributed by atoms with van der Waals surface area (Å²) in [6.07, 6.45) is 6.63. The monoisotopic (exact) mass is 197 g/mol. The third-order valence-electron chi connectivity index (χ3n) is 4.38. The van der Waals surface area contributed by atoms with Crippen LogP contribution in [0.4, 0.5) is 0 Å². The van der Waals surface area contributed by atoms with Gasteiger partial charge in [0.25, 0.3) is 0 Å². The van der Waals surface area contributed by atoms with Gasteiger partial charge in [-0.3, -0.25) is 0 Å². The Morgan fingerprint density at radius 3 is 2.43 bits per heavy atom. The highest BCUT2D eigenvalue weighted by molar-refractivity contribution is 4.94. The average molecular weight is 197 g/mol. The Morgan fingerprint density at radius 2 is 2.00 bits per heavy atom. The molecule has 0 aliphatic heterocycles. The van der Waals surface area contributed by atoms with Crippen molar-refractivity contribution in [3.05, 3.63) is 0 Å². The van der Waals surface area contributed by atoms with Crippen LogP contribution in [0, 0.1) is 17.8 Å². The van der Waals surface area contributed by atoms with Crippen LogP contribution in [-0.2, 0) is 0 Å². The van der Waals surface area contributed by atoms with Gasteiger partial charge in [0, 0.05) is 5.54 Å². The minimum Gasteiger partial charge on any atom is -0.325 e. The lowest BCUT2D eigenvalue weighted by Crippen LogP contribution is -2.52. The third-order valence-corrected chi connectivity index (χ3v) is 4.38. The summed E-state index contributed by atoms with van der Waals surface area (Å²) in [6.45, 7) is 9.19. The standard InChI is InChI=1S/C13H27N/c1-5-13(14,10(2)3)12-8-6-7-11(4)9-12/h10-12H,5-9,14H2,1-4H3. The zero-order valence-electron chi connectivity index (χ0n) is 10.3. The quantitative estimate of drug-likeness (QED) is 0.735. The molecule has 1 aliphatic carbocycles. The molecule has 3 atom stereocenters. The summed E-state index contributed by atoms with van der Waals surface area (Å²) >= 11 is 0. The fourth-order valence-corrected chi connectivity index (χ4v) is 3.09. The van der Waals surface area contributed by atoms with Crippen LogP contribution in [0.3, 0.4) is 0 Å². The van der Waals surface area contributed by atoms with Gasteiger partial charge in [0.05, 0.1) is 0 Å². The van der Waals surface area contributed by atoms with Crippen LogP contribution in [0.5, 0.6) is 0 Å². The maximum atomic E-state index is 6.58. The van der Waals surface area contributed by atoms with Gasteiger partial charge in [-0.2, -0.15) is 0 Å². The van der Waals surface area contributed by atoms with E-state index in [1.54, 1.807) is 0 Å². The van der Waals surface area contributed by atoms with Crippen molar-refractivity contribution in [2.24, 2.45) is 23.5 Å². The Bertz CT molecular complexity index is 176. The first kappa shape index (κ1) is 12.0. The van der Waals surface area contributed by atoms with Crippen LogP contribution in [-0.4, -0.2) is 5.54 Å². The maximum Gasteiger partial charge on any atom is 0.0203 e. The summed E-state index contributed by atoms with van der Waals surface area (Å²) in [5.74, 6) is 2.26. The lowest BCUT2D eigenvalue weighted by molar-refractivity contribution is 0.124. The van der Waals surface area contributed by atoms with Crippen molar-refractivity contribution in [2.45, 2.75) is 65.3 Å². The van der Waals surface area contributed by atoms with Gasteiger partial charge in [-0.05, 0) is 37.0 Å². The van der Waals surface area contributed by atoms with E-state index in [9.17, 15) is 0 Å². The van der Waals surface area contributed by atoms with E-state index in [0.29, 0.717) is 5.92 Å². The molecule has 14 heavy (non-hydrogen) atoms. The van der Waals surface area contributed by atoms with Gasteiger partial charge >= 0.3 is 0 Å². The SMILES string of the molecule is CCC(N)(C(C)C)C1CCCC(C)C1. The van der Waals surface area contributed by atoms with Crippen LogP contribution >= 0.6 is 0 Å². The molecule has 84 valence electrons. The third kappa shape index (κ3) is 2.31. The molecule has 0 bridgehead atoms. The molecule has 1 saturated carbocycles. The smallest absolute Gasteiger partial charge is 0.0203 e. The molecular formula is C13H27N. The summed E-state index contributed by atoms with van der Waals surface area (Å²) in [7, 11) is 0. The molecule has 0 aromatic carbocycles. The fourth-order valence-electron chi connectivity index (χ4n) is 3.09. The molecule has 0 aromatic rings. The van der Waals surface area contributed by atoms with E-state index >= 15 is 0 Å². The number of nitrogens with two attached hydrogens (primary N) is 1. The topological polar surface area (TPSA) is 26.0 Å². The van der Waals surface area contributed by atoms with Crippen LogP contribution in [0.15, 0.2) is 0 Å². The summed E-state index contributed by atoms with van der Waals surface area (Å²) < 4.78 is 0. The van der Waals surface area contributed by atoms with E-state index in [0.717, 1.165) is 18.3 Å². The molecule has 2 N–H and O–H groups in total. The minimum absolute atomic E-state index is 0.0919. The second-order valence-electron chi connectivity index (χ2n) is 5.59. The van der Waals surface area contributed by atoms with Gasteiger partial charge in [-0.15, -0.1) is 0 Å². The van der Waals surface area contributed by atoms with Crippen LogP contribution in [0.2, 0.25) is 0 Å². The molecule has 1 aliphatic rings. The molecule has 0 spiro atoms. The normalized spacial score (nSPS) is 33.0. The van der Waals surface area contributed by atoms with Crippen molar-refractivity contribution >= 4 is 0 Å². The summed E-state index contributed by atoms with van der Waals surface area (Å²) in [5, 5.41) is 0. The van der Waals surface area contributed by atoms with Gasteiger partial charge < -0.3 is 5.73 Å². The molecule has 1 nitrogen and oxygen atoms in total. The lowest BCUT2D eigenvalue weighted by atomic mass is 9.66. The van der Waals surface area contributed by atoms with E-state index in [4.69, 9.17) is 5.73 Å². The highest BCUT2D eigenvalue weighted by atomic mass is 14.8. The molecule has 0 aromatic heterocycles. The van der Waals surface area contributed by atoms with Crippen LogP contribution < -0.4 is 5.73 Å². The first-order chi connectivity index (χ1) is 6.50. The average Bonchev–Trinajstić information content (AvgIpc) is 2.16. The number of hydrogen-bond donors (Lipinski definition) is 1. The molecule has 0 saturated heterocycles. The van der Waals surface area contributed by atoms with Crippen molar-refractivity contribution < 1.29 is 0 Å². The molecule has 0 radical (unpaired) electrons. The first-order valence-electron chi connectivity index (χ1n) is 6.29. The summed E-state index contributed by atoms with van der Waals surface area (Å²) in [4.78, 5) is 0. The van der Waals surface area contributed by atoms with Gasteiger partial charge in [0.2, 0.25) is 0 Å². The Balaban J connectivity index is 2.68. The second kappa shape index (κ2) is 4.65. The van der Waals surface area contributed by atoms with Gasteiger partial charge in [-0.25, -0.2) is 0 Å². The van der Waals surface area contributed by atoms with Gasteiger partial charge in [-0.1, -0.05) is 40.5 Å². The van der Waals surface area contributed by atoms with Crippen molar-refractivity contribution in [1.82, 2.24) is 0 Å². The van der Waals surface area contributed by atoms with E-state index in [1.165, 1.54) is 25.7 Å². The van der Waals surface area contributed by atoms with E-state index in [1.807, 2.05) is 0 Å². The fraction of sp³-hybridized carbons (Fsp3) is 1.00. The molecule has 1 heteroatoms. The highest BCUT2D eigenvalue weighted by Crippen LogP contribution is 2.39. The maximum absolute atomic E-state index is 6.58. The Hall–Kier alpha value is -0.0400. The Kier molecular flexibility index (Phi) is 4.00. The predicted octanol–water partition coefficient (Wildman–Crippen LogP) is 3.58. The predicted molar refractivity (Wildman–Crippen MR) is 63.2 cm³/mol.